The molecular weight excluding hydrogens is 220 g/mol. The van der Waals surface area contributed by atoms with E-state index in [-0.39, 0.29) is 18.5 Å². The number of rotatable bonds is 6. The Bertz CT molecular complexity index is 357. The number of aliphatic hydroxyl groups excluding tert-OH is 1. The molecule has 0 saturated heterocycles. The number of nitrogen functional groups attached to an aromatic ring is 1. The summed E-state index contributed by atoms with van der Waals surface area (Å²) in [6.45, 7) is 4.91. The number of aromatic nitrogens is 2. The third-order valence-corrected chi connectivity index (χ3v) is 2.65. The number of nitrogens with zero attached hydrogens (tertiary/aromatic N) is 2. The van der Waals surface area contributed by atoms with Gasteiger partial charge in [0.05, 0.1) is 7.11 Å². The van der Waals surface area contributed by atoms with Crippen molar-refractivity contribution in [3.05, 3.63) is 6.07 Å². The molecule has 1 aromatic rings. The first-order valence-electron chi connectivity index (χ1n) is 5.60. The van der Waals surface area contributed by atoms with Crippen molar-refractivity contribution in [2.45, 2.75) is 13.8 Å². The van der Waals surface area contributed by atoms with E-state index in [1.165, 1.54) is 7.11 Å². The molecule has 0 aliphatic carbocycles. The first kappa shape index (κ1) is 13.5. The molecule has 0 aliphatic rings. The predicted octanol–water partition coefficient (Wildman–Crippen LogP) is 0.744. The number of hydrogen-bond acceptors (Lipinski definition) is 6. The zero-order chi connectivity index (χ0) is 12.8. The van der Waals surface area contributed by atoms with Crippen LogP contribution in [0.2, 0.25) is 0 Å². The fraction of sp³-hybridized carbons (Fsp3) is 0.636. The Kier molecular flexibility index (Phi) is 4.96. The Labute approximate surface area is 101 Å². The number of ether oxygens (including phenoxy) is 1. The zero-order valence-corrected chi connectivity index (χ0v) is 10.5. The second-order valence-electron chi connectivity index (χ2n) is 4.22. The molecule has 17 heavy (non-hydrogen) atoms. The maximum atomic E-state index is 9.21. The maximum absolute atomic E-state index is 9.21. The van der Waals surface area contributed by atoms with Crippen LogP contribution in [-0.2, 0) is 0 Å². The van der Waals surface area contributed by atoms with Crippen LogP contribution in [0.5, 0.6) is 5.88 Å². The Hall–Kier alpha value is -1.56. The highest BCUT2D eigenvalue weighted by molar-refractivity contribution is 5.42. The molecule has 1 aromatic heterocycles. The van der Waals surface area contributed by atoms with Gasteiger partial charge in [0.2, 0.25) is 11.8 Å². The van der Waals surface area contributed by atoms with Gasteiger partial charge in [-0.15, -0.1) is 0 Å². The first-order chi connectivity index (χ1) is 8.06. The van der Waals surface area contributed by atoms with Crippen molar-refractivity contribution in [3.63, 3.8) is 0 Å². The minimum absolute atomic E-state index is 0.141. The van der Waals surface area contributed by atoms with E-state index >= 15 is 0 Å². The van der Waals surface area contributed by atoms with Crippen molar-refractivity contribution in [2.75, 3.05) is 31.3 Å². The van der Waals surface area contributed by atoms with Crippen LogP contribution in [0.15, 0.2) is 6.07 Å². The third kappa shape index (κ3) is 4.07. The normalized spacial score (nSPS) is 12.5. The van der Waals surface area contributed by atoms with E-state index in [0.717, 1.165) is 0 Å². The Morgan fingerprint density at radius 2 is 2.18 bits per heavy atom. The van der Waals surface area contributed by atoms with Crippen LogP contribution in [-0.4, -0.2) is 35.3 Å². The summed E-state index contributed by atoms with van der Waals surface area (Å²) in [5.74, 6) is 1.77. The van der Waals surface area contributed by atoms with Gasteiger partial charge in [0.15, 0.2) is 0 Å². The Morgan fingerprint density at radius 1 is 1.47 bits per heavy atom. The van der Waals surface area contributed by atoms with Crippen molar-refractivity contribution in [2.24, 2.45) is 11.8 Å². The molecule has 0 fully saturated rings. The quantitative estimate of drug-likeness (QED) is 0.679. The molecule has 0 bridgehead atoms. The van der Waals surface area contributed by atoms with Crippen molar-refractivity contribution in [3.8, 4) is 5.88 Å². The van der Waals surface area contributed by atoms with Gasteiger partial charge in [-0.1, -0.05) is 13.8 Å². The Balaban J connectivity index is 2.65. The van der Waals surface area contributed by atoms with E-state index in [1.807, 2.05) is 0 Å². The maximum Gasteiger partial charge on any atom is 0.225 e. The molecule has 0 spiro atoms. The van der Waals surface area contributed by atoms with Gasteiger partial charge in [-0.3, -0.25) is 0 Å². The third-order valence-electron chi connectivity index (χ3n) is 2.65. The molecule has 6 heteroatoms. The number of anilines is 2. The van der Waals surface area contributed by atoms with Gasteiger partial charge < -0.3 is 20.9 Å². The van der Waals surface area contributed by atoms with E-state index in [2.05, 4.69) is 29.1 Å². The molecular formula is C11H20N4O2. The molecule has 0 saturated carbocycles. The molecule has 0 amide bonds. The van der Waals surface area contributed by atoms with E-state index in [0.29, 0.717) is 24.2 Å². The van der Waals surface area contributed by atoms with E-state index in [9.17, 15) is 5.11 Å². The van der Waals surface area contributed by atoms with Gasteiger partial charge in [0, 0.05) is 25.1 Å². The molecule has 1 atom stereocenters. The molecule has 0 aromatic carbocycles. The van der Waals surface area contributed by atoms with Crippen LogP contribution in [0, 0.1) is 11.8 Å². The molecule has 1 rings (SSSR count). The fourth-order valence-electron chi connectivity index (χ4n) is 1.38. The highest BCUT2D eigenvalue weighted by Gasteiger charge is 2.12. The van der Waals surface area contributed by atoms with Crippen LogP contribution in [0.3, 0.4) is 0 Å². The van der Waals surface area contributed by atoms with Crippen molar-refractivity contribution < 1.29 is 9.84 Å². The van der Waals surface area contributed by atoms with Gasteiger partial charge in [-0.25, -0.2) is 0 Å². The Morgan fingerprint density at radius 3 is 2.71 bits per heavy atom. The summed E-state index contributed by atoms with van der Waals surface area (Å²) in [6, 6.07) is 1.67. The minimum Gasteiger partial charge on any atom is -0.481 e. The van der Waals surface area contributed by atoms with Gasteiger partial charge in [-0.05, 0) is 5.92 Å². The zero-order valence-electron chi connectivity index (χ0n) is 10.5. The number of aliphatic hydroxyl groups is 1. The summed E-state index contributed by atoms with van der Waals surface area (Å²) in [5, 5.41) is 12.3. The summed E-state index contributed by atoms with van der Waals surface area (Å²) < 4.78 is 5.00. The molecule has 96 valence electrons. The number of hydrogen-bond donors (Lipinski definition) is 3. The standard InChI is InChI=1S/C11H20N4O2/c1-7(2)8(6-16)5-13-9-4-10(17-3)15-11(12)14-9/h4,7-8,16H,5-6H2,1-3H3,(H3,12,13,14,15). The molecule has 1 heterocycles. The highest BCUT2D eigenvalue weighted by Crippen LogP contribution is 2.16. The minimum atomic E-state index is 0.141. The largest absolute Gasteiger partial charge is 0.481 e. The smallest absolute Gasteiger partial charge is 0.225 e. The average molecular weight is 240 g/mol. The highest BCUT2D eigenvalue weighted by atomic mass is 16.5. The molecule has 1 unspecified atom stereocenters. The lowest BCUT2D eigenvalue weighted by Crippen LogP contribution is -2.23. The van der Waals surface area contributed by atoms with Crippen LogP contribution >= 0.6 is 0 Å². The van der Waals surface area contributed by atoms with E-state index in [4.69, 9.17) is 10.5 Å². The topological polar surface area (TPSA) is 93.3 Å². The van der Waals surface area contributed by atoms with Crippen LogP contribution in [0.25, 0.3) is 0 Å². The monoisotopic (exact) mass is 240 g/mol. The number of nitrogens with one attached hydrogen (secondary N) is 1. The summed E-state index contributed by atoms with van der Waals surface area (Å²) in [6.07, 6.45) is 0. The van der Waals surface area contributed by atoms with Crippen molar-refractivity contribution in [1.82, 2.24) is 9.97 Å². The molecule has 0 radical (unpaired) electrons. The number of methoxy groups -OCH3 is 1. The summed E-state index contributed by atoms with van der Waals surface area (Å²) in [7, 11) is 1.52. The lowest BCUT2D eigenvalue weighted by Gasteiger charge is -2.19. The van der Waals surface area contributed by atoms with Gasteiger partial charge in [-0.2, -0.15) is 9.97 Å². The second kappa shape index (κ2) is 6.24. The van der Waals surface area contributed by atoms with E-state index < -0.39 is 0 Å². The first-order valence-corrected chi connectivity index (χ1v) is 5.60. The van der Waals surface area contributed by atoms with Crippen molar-refractivity contribution >= 4 is 11.8 Å². The van der Waals surface area contributed by atoms with Gasteiger partial charge >= 0.3 is 0 Å². The fourth-order valence-corrected chi connectivity index (χ4v) is 1.38. The van der Waals surface area contributed by atoms with Crippen molar-refractivity contribution in [1.29, 1.82) is 0 Å². The van der Waals surface area contributed by atoms with Gasteiger partial charge in [0.25, 0.3) is 0 Å². The number of nitrogens with two attached hydrogens (primary N) is 1. The summed E-state index contributed by atoms with van der Waals surface area (Å²) in [4.78, 5) is 7.93. The second-order valence-corrected chi connectivity index (χ2v) is 4.22. The molecule has 0 aliphatic heterocycles. The van der Waals surface area contributed by atoms with E-state index in [1.54, 1.807) is 6.07 Å². The lowest BCUT2D eigenvalue weighted by atomic mass is 9.97. The lowest BCUT2D eigenvalue weighted by molar-refractivity contribution is 0.198. The average Bonchev–Trinajstić information content (AvgIpc) is 2.28. The SMILES string of the molecule is COc1cc(NCC(CO)C(C)C)nc(N)n1. The van der Waals surface area contributed by atoms with Gasteiger partial charge in [0.1, 0.15) is 5.82 Å². The summed E-state index contributed by atoms with van der Waals surface area (Å²) >= 11 is 0. The van der Waals surface area contributed by atoms with Crippen LogP contribution in [0.1, 0.15) is 13.8 Å². The van der Waals surface area contributed by atoms with Crippen LogP contribution < -0.4 is 15.8 Å². The van der Waals surface area contributed by atoms with Crippen LogP contribution in [0.4, 0.5) is 11.8 Å². The predicted molar refractivity (Wildman–Crippen MR) is 66.9 cm³/mol. The molecule has 6 nitrogen and oxygen atoms in total. The summed E-state index contributed by atoms with van der Waals surface area (Å²) in [5.41, 5.74) is 5.54. The molecule has 4 N–H and O–H groups in total.